The fourth-order valence-electron chi connectivity index (χ4n) is 1.41. The van der Waals surface area contributed by atoms with E-state index in [9.17, 15) is 0 Å². The van der Waals surface area contributed by atoms with Gasteiger partial charge in [-0.05, 0) is 6.42 Å². The lowest BCUT2D eigenvalue weighted by atomic mass is 9.94. The standard InChI is InChI=1S/C10H16O/c1-4-9-5-6-10(11-3)8(2)7-9/h5-8,10H,4H2,1-3H3. The van der Waals surface area contributed by atoms with E-state index >= 15 is 0 Å². The van der Waals surface area contributed by atoms with E-state index in [2.05, 4.69) is 32.1 Å². The highest BCUT2D eigenvalue weighted by Crippen LogP contribution is 2.20. The number of allylic oxidation sites excluding steroid dienone is 2. The molecule has 0 aromatic carbocycles. The van der Waals surface area contributed by atoms with E-state index in [1.165, 1.54) is 5.57 Å². The van der Waals surface area contributed by atoms with Gasteiger partial charge in [-0.15, -0.1) is 0 Å². The van der Waals surface area contributed by atoms with Crippen LogP contribution in [0.25, 0.3) is 0 Å². The van der Waals surface area contributed by atoms with Crippen LogP contribution in [0.3, 0.4) is 0 Å². The largest absolute Gasteiger partial charge is 0.377 e. The van der Waals surface area contributed by atoms with Gasteiger partial charge in [0.1, 0.15) is 0 Å². The Labute approximate surface area is 68.8 Å². The van der Waals surface area contributed by atoms with Crippen LogP contribution in [0.4, 0.5) is 0 Å². The minimum absolute atomic E-state index is 0.283. The van der Waals surface area contributed by atoms with Gasteiger partial charge >= 0.3 is 0 Å². The molecule has 0 saturated carbocycles. The smallest absolute Gasteiger partial charge is 0.0815 e. The molecule has 1 aliphatic rings. The minimum atomic E-state index is 0.283. The van der Waals surface area contributed by atoms with Gasteiger partial charge in [-0.2, -0.15) is 0 Å². The van der Waals surface area contributed by atoms with Gasteiger partial charge in [-0.3, -0.25) is 0 Å². The zero-order chi connectivity index (χ0) is 8.27. The third kappa shape index (κ3) is 1.93. The summed E-state index contributed by atoms with van der Waals surface area (Å²) in [6.45, 7) is 4.36. The zero-order valence-electron chi connectivity index (χ0n) is 7.50. The van der Waals surface area contributed by atoms with Crippen molar-refractivity contribution in [1.29, 1.82) is 0 Å². The summed E-state index contributed by atoms with van der Waals surface area (Å²) >= 11 is 0. The molecule has 0 amide bonds. The van der Waals surface area contributed by atoms with E-state index in [-0.39, 0.29) is 6.10 Å². The maximum absolute atomic E-state index is 5.26. The molecule has 1 heteroatoms. The maximum Gasteiger partial charge on any atom is 0.0815 e. The molecule has 0 radical (unpaired) electrons. The Morgan fingerprint density at radius 2 is 2.27 bits per heavy atom. The molecule has 0 spiro atoms. The Bertz CT molecular complexity index is 179. The lowest BCUT2D eigenvalue weighted by Gasteiger charge is -2.20. The maximum atomic E-state index is 5.26. The number of hydrogen-bond donors (Lipinski definition) is 0. The van der Waals surface area contributed by atoms with Crippen LogP contribution in [0.2, 0.25) is 0 Å². The Hall–Kier alpha value is -0.560. The van der Waals surface area contributed by atoms with Crippen LogP contribution >= 0.6 is 0 Å². The summed E-state index contributed by atoms with van der Waals surface area (Å²) in [6, 6.07) is 0. The van der Waals surface area contributed by atoms with Gasteiger partial charge in [0.2, 0.25) is 0 Å². The quantitative estimate of drug-likeness (QED) is 0.591. The second kappa shape index (κ2) is 3.72. The van der Waals surface area contributed by atoms with Gasteiger partial charge < -0.3 is 4.74 Å². The summed E-state index contributed by atoms with van der Waals surface area (Å²) < 4.78 is 5.26. The molecule has 0 aromatic rings. The molecule has 0 aliphatic heterocycles. The fourth-order valence-corrected chi connectivity index (χ4v) is 1.41. The Kier molecular flexibility index (Phi) is 2.89. The molecule has 0 aromatic heterocycles. The molecule has 0 fully saturated rings. The van der Waals surface area contributed by atoms with Crippen molar-refractivity contribution in [2.75, 3.05) is 7.11 Å². The third-order valence-corrected chi connectivity index (χ3v) is 2.18. The van der Waals surface area contributed by atoms with Gasteiger partial charge in [0.25, 0.3) is 0 Å². The van der Waals surface area contributed by atoms with Crippen LogP contribution < -0.4 is 0 Å². The van der Waals surface area contributed by atoms with Gasteiger partial charge in [0.05, 0.1) is 6.10 Å². The van der Waals surface area contributed by atoms with Crippen molar-refractivity contribution in [2.24, 2.45) is 5.92 Å². The van der Waals surface area contributed by atoms with Crippen molar-refractivity contribution < 1.29 is 4.74 Å². The average Bonchev–Trinajstić information content (AvgIpc) is 2.04. The number of rotatable bonds is 2. The van der Waals surface area contributed by atoms with Crippen LogP contribution in [-0.2, 0) is 4.74 Å². The summed E-state index contributed by atoms with van der Waals surface area (Å²) in [5, 5.41) is 0. The van der Waals surface area contributed by atoms with E-state index < -0.39 is 0 Å². The molecule has 0 heterocycles. The van der Waals surface area contributed by atoms with E-state index in [1.54, 1.807) is 7.11 Å². The number of hydrogen-bond acceptors (Lipinski definition) is 1. The first-order valence-corrected chi connectivity index (χ1v) is 4.19. The predicted molar refractivity (Wildman–Crippen MR) is 47.5 cm³/mol. The highest BCUT2D eigenvalue weighted by atomic mass is 16.5. The topological polar surface area (TPSA) is 9.23 Å². The van der Waals surface area contributed by atoms with E-state index in [0.717, 1.165) is 6.42 Å². The Morgan fingerprint density at radius 3 is 2.73 bits per heavy atom. The first-order valence-electron chi connectivity index (χ1n) is 4.19. The van der Waals surface area contributed by atoms with Crippen molar-refractivity contribution in [3.63, 3.8) is 0 Å². The minimum Gasteiger partial charge on any atom is -0.377 e. The van der Waals surface area contributed by atoms with E-state index in [0.29, 0.717) is 5.92 Å². The monoisotopic (exact) mass is 152 g/mol. The summed E-state index contributed by atoms with van der Waals surface area (Å²) in [5.41, 5.74) is 1.42. The molecule has 0 N–H and O–H groups in total. The molecule has 0 saturated heterocycles. The van der Waals surface area contributed by atoms with Gasteiger partial charge in [0, 0.05) is 13.0 Å². The first-order chi connectivity index (χ1) is 5.27. The van der Waals surface area contributed by atoms with Gasteiger partial charge in [-0.1, -0.05) is 37.6 Å². The fraction of sp³-hybridized carbons (Fsp3) is 0.600. The predicted octanol–water partition coefficient (Wildman–Crippen LogP) is 2.54. The van der Waals surface area contributed by atoms with Crippen molar-refractivity contribution in [3.8, 4) is 0 Å². The van der Waals surface area contributed by atoms with Crippen LogP contribution in [0.1, 0.15) is 20.3 Å². The molecular formula is C10H16O. The molecule has 1 aliphatic carbocycles. The second-order valence-electron chi connectivity index (χ2n) is 3.01. The molecule has 1 rings (SSSR count). The average molecular weight is 152 g/mol. The van der Waals surface area contributed by atoms with Gasteiger partial charge in [-0.25, -0.2) is 0 Å². The molecule has 11 heavy (non-hydrogen) atoms. The summed E-state index contributed by atoms with van der Waals surface area (Å²) in [5.74, 6) is 0.528. The molecule has 2 unspecified atom stereocenters. The third-order valence-electron chi connectivity index (χ3n) is 2.18. The van der Waals surface area contributed by atoms with Crippen molar-refractivity contribution in [2.45, 2.75) is 26.4 Å². The Balaban J connectivity index is 2.63. The summed E-state index contributed by atoms with van der Waals surface area (Å²) in [6.07, 6.45) is 7.99. The first kappa shape index (κ1) is 8.54. The van der Waals surface area contributed by atoms with Crippen molar-refractivity contribution in [3.05, 3.63) is 23.8 Å². The van der Waals surface area contributed by atoms with E-state index in [1.807, 2.05) is 0 Å². The summed E-state index contributed by atoms with van der Waals surface area (Å²) in [4.78, 5) is 0. The van der Waals surface area contributed by atoms with Crippen LogP contribution in [0.5, 0.6) is 0 Å². The zero-order valence-corrected chi connectivity index (χ0v) is 7.50. The molecular weight excluding hydrogens is 136 g/mol. The molecule has 0 bridgehead atoms. The molecule has 1 nitrogen and oxygen atoms in total. The van der Waals surface area contributed by atoms with Crippen LogP contribution in [0, 0.1) is 5.92 Å². The second-order valence-corrected chi connectivity index (χ2v) is 3.01. The Morgan fingerprint density at radius 1 is 1.55 bits per heavy atom. The van der Waals surface area contributed by atoms with E-state index in [4.69, 9.17) is 4.74 Å². The van der Waals surface area contributed by atoms with Gasteiger partial charge in [0.15, 0.2) is 0 Å². The molecule has 62 valence electrons. The lowest BCUT2D eigenvalue weighted by molar-refractivity contribution is 0.111. The van der Waals surface area contributed by atoms with Crippen LogP contribution in [0.15, 0.2) is 23.8 Å². The SMILES string of the molecule is CCC1=CC(C)C(OC)C=C1. The normalized spacial score (nSPS) is 30.3. The number of ether oxygens (including phenoxy) is 1. The summed E-state index contributed by atoms with van der Waals surface area (Å²) in [7, 11) is 1.76. The van der Waals surface area contributed by atoms with Crippen LogP contribution in [-0.4, -0.2) is 13.2 Å². The molecule has 2 atom stereocenters. The lowest BCUT2D eigenvalue weighted by Crippen LogP contribution is -2.18. The number of methoxy groups -OCH3 is 1. The highest BCUT2D eigenvalue weighted by Gasteiger charge is 2.14. The van der Waals surface area contributed by atoms with Crippen molar-refractivity contribution in [1.82, 2.24) is 0 Å². The van der Waals surface area contributed by atoms with Crippen molar-refractivity contribution >= 4 is 0 Å². The highest BCUT2D eigenvalue weighted by molar-refractivity contribution is 5.25.